The molecule has 0 spiro atoms. The predicted octanol–water partition coefficient (Wildman–Crippen LogP) is 3.28. The minimum absolute atomic E-state index is 0.905. The van der Waals surface area contributed by atoms with Gasteiger partial charge in [-0.05, 0) is 47.3 Å². The van der Waals surface area contributed by atoms with Gasteiger partial charge in [0.15, 0.2) is 0 Å². The van der Waals surface area contributed by atoms with Crippen LogP contribution >= 0.6 is 15.9 Å². The Morgan fingerprint density at radius 2 is 2.00 bits per heavy atom. The van der Waals surface area contributed by atoms with Crippen molar-refractivity contribution < 1.29 is 4.74 Å². The monoisotopic (exact) mass is 308 g/mol. The second-order valence-corrected chi connectivity index (χ2v) is 5.02. The van der Waals surface area contributed by atoms with Gasteiger partial charge in [-0.1, -0.05) is 18.2 Å². The molecule has 0 atom stereocenters. The van der Waals surface area contributed by atoms with Crippen molar-refractivity contribution in [2.45, 2.75) is 19.8 Å². The Labute approximate surface area is 116 Å². The summed E-state index contributed by atoms with van der Waals surface area (Å²) in [5, 5.41) is 0. The average molecular weight is 309 g/mol. The molecule has 0 N–H and O–H groups in total. The summed E-state index contributed by atoms with van der Waals surface area (Å²) in [4.78, 5) is 4.56. The molecule has 0 aliphatic carbocycles. The SMILES string of the molecule is COc1ccccc1CCc1nc(C)n(C)c1Br. The van der Waals surface area contributed by atoms with E-state index in [2.05, 4.69) is 31.5 Å². The highest BCUT2D eigenvalue weighted by molar-refractivity contribution is 9.10. The lowest BCUT2D eigenvalue weighted by molar-refractivity contribution is 0.409. The van der Waals surface area contributed by atoms with E-state index in [1.807, 2.05) is 32.2 Å². The fourth-order valence-electron chi connectivity index (χ4n) is 1.97. The smallest absolute Gasteiger partial charge is 0.122 e. The second-order valence-electron chi connectivity index (χ2n) is 4.27. The molecule has 2 rings (SSSR count). The number of hydrogen-bond donors (Lipinski definition) is 0. The summed E-state index contributed by atoms with van der Waals surface area (Å²) in [5.74, 6) is 1.97. The number of ether oxygens (including phenoxy) is 1. The quantitative estimate of drug-likeness (QED) is 0.866. The van der Waals surface area contributed by atoms with Gasteiger partial charge < -0.3 is 9.30 Å². The van der Waals surface area contributed by atoms with Gasteiger partial charge in [0, 0.05) is 7.05 Å². The molecule has 3 nitrogen and oxygen atoms in total. The van der Waals surface area contributed by atoms with Crippen LogP contribution in [0.3, 0.4) is 0 Å². The molecular formula is C14H17BrN2O. The molecule has 0 saturated heterocycles. The Morgan fingerprint density at radius 1 is 1.28 bits per heavy atom. The first kappa shape index (κ1) is 13.1. The van der Waals surface area contributed by atoms with Crippen molar-refractivity contribution in [1.29, 1.82) is 0 Å². The number of imidazole rings is 1. The van der Waals surface area contributed by atoms with E-state index in [1.54, 1.807) is 7.11 Å². The molecule has 0 amide bonds. The third-order valence-electron chi connectivity index (χ3n) is 3.14. The number of rotatable bonds is 4. The van der Waals surface area contributed by atoms with Crippen LogP contribution in [0.1, 0.15) is 17.1 Å². The van der Waals surface area contributed by atoms with Gasteiger partial charge in [-0.3, -0.25) is 0 Å². The Kier molecular flexibility index (Phi) is 4.07. The fraction of sp³-hybridized carbons (Fsp3) is 0.357. The van der Waals surface area contributed by atoms with Crippen molar-refractivity contribution in [3.05, 3.63) is 46.0 Å². The second kappa shape index (κ2) is 5.57. The van der Waals surface area contributed by atoms with E-state index in [4.69, 9.17) is 4.74 Å². The van der Waals surface area contributed by atoms with E-state index in [-0.39, 0.29) is 0 Å². The molecule has 18 heavy (non-hydrogen) atoms. The lowest BCUT2D eigenvalue weighted by atomic mass is 10.1. The van der Waals surface area contributed by atoms with Gasteiger partial charge in [0.2, 0.25) is 0 Å². The van der Waals surface area contributed by atoms with Gasteiger partial charge >= 0.3 is 0 Å². The van der Waals surface area contributed by atoms with E-state index in [0.29, 0.717) is 0 Å². The van der Waals surface area contributed by atoms with E-state index < -0.39 is 0 Å². The Morgan fingerprint density at radius 3 is 2.61 bits per heavy atom. The van der Waals surface area contributed by atoms with Crippen LogP contribution in [0.25, 0.3) is 0 Å². The number of aromatic nitrogens is 2. The van der Waals surface area contributed by atoms with E-state index in [9.17, 15) is 0 Å². The molecule has 0 fully saturated rings. The molecule has 0 saturated carbocycles. The fourth-order valence-corrected chi connectivity index (χ4v) is 2.52. The van der Waals surface area contributed by atoms with Crippen molar-refractivity contribution >= 4 is 15.9 Å². The van der Waals surface area contributed by atoms with Gasteiger partial charge in [0.1, 0.15) is 16.2 Å². The number of methoxy groups -OCH3 is 1. The minimum Gasteiger partial charge on any atom is -0.496 e. The maximum absolute atomic E-state index is 5.36. The van der Waals surface area contributed by atoms with E-state index in [1.165, 1.54) is 5.56 Å². The molecule has 4 heteroatoms. The summed E-state index contributed by atoms with van der Waals surface area (Å²) in [7, 11) is 3.72. The molecule has 2 aromatic rings. The topological polar surface area (TPSA) is 27.1 Å². The molecule has 0 bridgehead atoms. The summed E-state index contributed by atoms with van der Waals surface area (Å²) in [6.45, 7) is 2.01. The number of halogens is 1. The summed E-state index contributed by atoms with van der Waals surface area (Å²) < 4.78 is 8.47. The molecule has 1 aromatic heterocycles. The molecular weight excluding hydrogens is 292 g/mol. The average Bonchev–Trinajstić information content (AvgIpc) is 2.64. The van der Waals surface area contributed by atoms with Gasteiger partial charge in [0.05, 0.1) is 12.8 Å². The normalized spacial score (nSPS) is 10.7. The van der Waals surface area contributed by atoms with Gasteiger partial charge in [0.25, 0.3) is 0 Å². The van der Waals surface area contributed by atoms with Crippen LogP contribution in [0, 0.1) is 6.92 Å². The number of aryl methyl sites for hydroxylation is 3. The number of para-hydroxylation sites is 1. The lowest BCUT2D eigenvalue weighted by Gasteiger charge is -2.07. The Hall–Kier alpha value is -1.29. The zero-order valence-electron chi connectivity index (χ0n) is 10.9. The molecule has 0 aliphatic rings. The third kappa shape index (κ3) is 2.58. The van der Waals surface area contributed by atoms with Crippen LogP contribution in [0.15, 0.2) is 28.9 Å². The number of nitrogens with zero attached hydrogens (tertiary/aromatic N) is 2. The maximum atomic E-state index is 5.36. The first-order valence-electron chi connectivity index (χ1n) is 5.93. The molecule has 1 aromatic carbocycles. The Balaban J connectivity index is 2.14. The standard InChI is InChI=1S/C14H17BrN2O/c1-10-16-12(14(15)17(10)2)9-8-11-6-4-5-7-13(11)18-3/h4-7H,8-9H2,1-3H3. The van der Waals surface area contributed by atoms with Crippen molar-refractivity contribution in [2.24, 2.45) is 7.05 Å². The molecule has 0 aliphatic heterocycles. The van der Waals surface area contributed by atoms with Gasteiger partial charge in [-0.25, -0.2) is 4.98 Å². The van der Waals surface area contributed by atoms with Crippen molar-refractivity contribution in [2.75, 3.05) is 7.11 Å². The highest BCUT2D eigenvalue weighted by Gasteiger charge is 2.10. The maximum Gasteiger partial charge on any atom is 0.122 e. The van der Waals surface area contributed by atoms with Crippen molar-refractivity contribution in [3.8, 4) is 5.75 Å². The highest BCUT2D eigenvalue weighted by Crippen LogP contribution is 2.22. The van der Waals surface area contributed by atoms with Crippen molar-refractivity contribution in [3.63, 3.8) is 0 Å². The zero-order valence-corrected chi connectivity index (χ0v) is 12.5. The first-order chi connectivity index (χ1) is 8.63. The van der Waals surface area contributed by atoms with E-state index in [0.717, 1.165) is 34.7 Å². The summed E-state index contributed by atoms with van der Waals surface area (Å²) >= 11 is 3.58. The van der Waals surface area contributed by atoms with Crippen LogP contribution in [0.2, 0.25) is 0 Å². The minimum atomic E-state index is 0.905. The summed E-state index contributed by atoms with van der Waals surface area (Å²) in [6, 6.07) is 8.12. The molecule has 0 radical (unpaired) electrons. The third-order valence-corrected chi connectivity index (χ3v) is 4.13. The molecule has 1 heterocycles. The summed E-state index contributed by atoms with van der Waals surface area (Å²) in [6.07, 6.45) is 1.84. The summed E-state index contributed by atoms with van der Waals surface area (Å²) in [5.41, 5.74) is 2.32. The van der Waals surface area contributed by atoms with Crippen LogP contribution in [0.4, 0.5) is 0 Å². The lowest BCUT2D eigenvalue weighted by Crippen LogP contribution is -1.96. The zero-order chi connectivity index (χ0) is 13.1. The Bertz CT molecular complexity index is 549. The predicted molar refractivity (Wildman–Crippen MR) is 76.0 cm³/mol. The van der Waals surface area contributed by atoms with Gasteiger partial charge in [-0.15, -0.1) is 0 Å². The highest BCUT2D eigenvalue weighted by atomic mass is 79.9. The van der Waals surface area contributed by atoms with Crippen LogP contribution < -0.4 is 4.74 Å². The molecule has 96 valence electrons. The number of hydrogen-bond acceptors (Lipinski definition) is 2. The van der Waals surface area contributed by atoms with Crippen LogP contribution in [-0.2, 0) is 19.9 Å². The largest absolute Gasteiger partial charge is 0.496 e. The molecule has 0 unspecified atom stereocenters. The van der Waals surface area contributed by atoms with Crippen molar-refractivity contribution in [1.82, 2.24) is 9.55 Å². The number of benzene rings is 1. The van der Waals surface area contributed by atoms with Gasteiger partial charge in [-0.2, -0.15) is 0 Å². The van der Waals surface area contributed by atoms with Crippen LogP contribution in [-0.4, -0.2) is 16.7 Å². The van der Waals surface area contributed by atoms with E-state index >= 15 is 0 Å². The van der Waals surface area contributed by atoms with Crippen LogP contribution in [0.5, 0.6) is 5.75 Å². The first-order valence-corrected chi connectivity index (χ1v) is 6.72.